The Morgan fingerprint density at radius 1 is 1.38 bits per heavy atom. The second-order valence-corrected chi connectivity index (χ2v) is 5.63. The van der Waals surface area contributed by atoms with E-state index in [4.69, 9.17) is 0 Å². The van der Waals surface area contributed by atoms with Crippen molar-refractivity contribution in [1.82, 2.24) is 0 Å². The maximum Gasteiger partial charge on any atom is 0.126 e. The van der Waals surface area contributed by atoms with E-state index in [1.165, 1.54) is 6.07 Å². The van der Waals surface area contributed by atoms with Crippen LogP contribution >= 0.6 is 11.8 Å². The molecule has 0 spiro atoms. The van der Waals surface area contributed by atoms with Crippen molar-refractivity contribution < 1.29 is 9.50 Å². The second-order valence-electron chi connectivity index (χ2n) is 4.15. The van der Waals surface area contributed by atoms with Crippen molar-refractivity contribution in [3.63, 3.8) is 0 Å². The molecule has 0 bridgehead atoms. The maximum absolute atomic E-state index is 13.4. The molecule has 0 radical (unpaired) electrons. The summed E-state index contributed by atoms with van der Waals surface area (Å²) in [5.41, 5.74) is 1.32. The molecule has 1 nitrogen and oxygen atoms in total. The minimum absolute atomic E-state index is 0.246. The van der Waals surface area contributed by atoms with E-state index < -0.39 is 6.10 Å². The summed E-state index contributed by atoms with van der Waals surface area (Å²) in [5.74, 6) is -0.246. The fraction of sp³-hybridized carbons (Fsp3) is 0.538. The van der Waals surface area contributed by atoms with Gasteiger partial charge < -0.3 is 5.11 Å². The summed E-state index contributed by atoms with van der Waals surface area (Å²) < 4.78 is 13.4. The average Bonchev–Trinajstić information content (AvgIpc) is 2.22. The van der Waals surface area contributed by atoms with Crippen molar-refractivity contribution >= 4 is 11.8 Å². The lowest BCUT2D eigenvalue weighted by Crippen LogP contribution is -2.00. The van der Waals surface area contributed by atoms with Crippen LogP contribution in [0.3, 0.4) is 0 Å². The summed E-state index contributed by atoms with van der Waals surface area (Å²) in [6, 6.07) is 3.28. The normalized spacial score (nSPS) is 14.9. The Morgan fingerprint density at radius 2 is 2.00 bits per heavy atom. The Hall–Kier alpha value is -0.540. The SMILES string of the molecule is CCC(C)Sc1cc(C)c(F)cc1[C@H](C)O. The van der Waals surface area contributed by atoms with Gasteiger partial charge in [-0.3, -0.25) is 0 Å². The zero-order valence-corrected chi connectivity index (χ0v) is 11.1. The smallest absolute Gasteiger partial charge is 0.126 e. The Kier molecular flexibility index (Phi) is 4.81. The van der Waals surface area contributed by atoms with Crippen LogP contribution in [-0.2, 0) is 0 Å². The summed E-state index contributed by atoms with van der Waals surface area (Å²) in [4.78, 5) is 0.989. The van der Waals surface area contributed by atoms with Crippen LogP contribution in [0.15, 0.2) is 17.0 Å². The zero-order valence-electron chi connectivity index (χ0n) is 10.2. The van der Waals surface area contributed by atoms with E-state index in [-0.39, 0.29) is 5.82 Å². The number of aryl methyl sites for hydroxylation is 1. The molecule has 0 aliphatic carbocycles. The number of aliphatic hydroxyl groups is 1. The molecule has 2 atom stereocenters. The molecule has 1 aromatic rings. The number of rotatable bonds is 4. The summed E-state index contributed by atoms with van der Waals surface area (Å²) >= 11 is 1.69. The van der Waals surface area contributed by atoms with E-state index in [0.717, 1.165) is 11.3 Å². The van der Waals surface area contributed by atoms with Crippen molar-refractivity contribution in [2.24, 2.45) is 0 Å². The van der Waals surface area contributed by atoms with E-state index in [1.807, 2.05) is 6.07 Å². The molecule has 0 saturated heterocycles. The first-order chi connectivity index (χ1) is 7.45. The molecular formula is C13H19FOS. The molecule has 90 valence electrons. The van der Waals surface area contributed by atoms with E-state index >= 15 is 0 Å². The lowest BCUT2D eigenvalue weighted by atomic mass is 10.1. The lowest BCUT2D eigenvalue weighted by Gasteiger charge is -2.16. The van der Waals surface area contributed by atoms with Gasteiger partial charge in [-0.1, -0.05) is 13.8 Å². The number of benzene rings is 1. The third-order valence-corrected chi connectivity index (χ3v) is 3.99. The minimum atomic E-state index is -0.623. The van der Waals surface area contributed by atoms with Crippen molar-refractivity contribution in [3.8, 4) is 0 Å². The van der Waals surface area contributed by atoms with Crippen LogP contribution in [0.2, 0.25) is 0 Å². The molecule has 0 heterocycles. The predicted octanol–water partition coefficient (Wildman–Crippen LogP) is 4.08. The predicted molar refractivity (Wildman–Crippen MR) is 67.4 cm³/mol. The van der Waals surface area contributed by atoms with Gasteiger partial charge in [-0.2, -0.15) is 0 Å². The largest absolute Gasteiger partial charge is 0.389 e. The van der Waals surface area contributed by atoms with Crippen LogP contribution in [0, 0.1) is 12.7 Å². The summed E-state index contributed by atoms with van der Waals surface area (Å²) in [7, 11) is 0. The molecule has 0 aromatic heterocycles. The lowest BCUT2D eigenvalue weighted by molar-refractivity contribution is 0.196. The Morgan fingerprint density at radius 3 is 2.50 bits per heavy atom. The number of thioether (sulfide) groups is 1. The second kappa shape index (κ2) is 5.69. The molecule has 1 aromatic carbocycles. The molecule has 3 heteroatoms. The minimum Gasteiger partial charge on any atom is -0.389 e. The van der Waals surface area contributed by atoms with Crippen molar-refractivity contribution in [2.75, 3.05) is 0 Å². The average molecular weight is 242 g/mol. The van der Waals surface area contributed by atoms with Crippen molar-refractivity contribution in [3.05, 3.63) is 29.1 Å². The van der Waals surface area contributed by atoms with Gasteiger partial charge in [0.25, 0.3) is 0 Å². The highest BCUT2D eigenvalue weighted by Gasteiger charge is 2.14. The van der Waals surface area contributed by atoms with Crippen LogP contribution in [-0.4, -0.2) is 10.4 Å². The van der Waals surface area contributed by atoms with Crippen LogP contribution < -0.4 is 0 Å². The maximum atomic E-state index is 13.4. The van der Waals surface area contributed by atoms with E-state index in [2.05, 4.69) is 13.8 Å². The number of aliphatic hydroxyl groups excluding tert-OH is 1. The van der Waals surface area contributed by atoms with Crippen LogP contribution in [0.4, 0.5) is 4.39 Å². The van der Waals surface area contributed by atoms with E-state index in [0.29, 0.717) is 16.4 Å². The van der Waals surface area contributed by atoms with Gasteiger partial charge in [0.15, 0.2) is 0 Å². The zero-order chi connectivity index (χ0) is 12.3. The standard InChI is InChI=1S/C13H19FOS/c1-5-9(3)16-13-6-8(2)12(14)7-11(13)10(4)15/h6-7,9-10,15H,5H2,1-4H3/t9?,10-/m0/s1. The molecule has 1 rings (SSSR count). The molecule has 0 amide bonds. The fourth-order valence-corrected chi connectivity index (χ4v) is 2.61. The van der Waals surface area contributed by atoms with Gasteiger partial charge in [-0.25, -0.2) is 4.39 Å². The molecule has 0 saturated carbocycles. The third-order valence-electron chi connectivity index (χ3n) is 2.64. The van der Waals surface area contributed by atoms with Crippen LogP contribution in [0.25, 0.3) is 0 Å². The molecule has 1 unspecified atom stereocenters. The quantitative estimate of drug-likeness (QED) is 0.803. The third kappa shape index (κ3) is 3.22. The highest BCUT2D eigenvalue weighted by molar-refractivity contribution is 8.00. The van der Waals surface area contributed by atoms with Gasteiger partial charge in [-0.15, -0.1) is 11.8 Å². The Labute approximate surface area is 101 Å². The molecule has 0 aliphatic heterocycles. The van der Waals surface area contributed by atoms with Crippen LogP contribution in [0.1, 0.15) is 44.4 Å². The number of hydrogen-bond donors (Lipinski definition) is 1. The topological polar surface area (TPSA) is 20.2 Å². The highest BCUT2D eigenvalue weighted by atomic mass is 32.2. The van der Waals surface area contributed by atoms with E-state index in [9.17, 15) is 9.50 Å². The van der Waals surface area contributed by atoms with Gasteiger partial charge in [0.1, 0.15) is 5.82 Å². The molecular weight excluding hydrogens is 223 g/mol. The first-order valence-electron chi connectivity index (χ1n) is 5.60. The first kappa shape index (κ1) is 13.5. The van der Waals surface area contributed by atoms with E-state index in [1.54, 1.807) is 25.6 Å². The van der Waals surface area contributed by atoms with Crippen molar-refractivity contribution in [2.45, 2.75) is 50.4 Å². The number of halogens is 1. The van der Waals surface area contributed by atoms with Gasteiger partial charge in [-0.05, 0) is 43.5 Å². The molecule has 16 heavy (non-hydrogen) atoms. The van der Waals surface area contributed by atoms with Gasteiger partial charge in [0.05, 0.1) is 6.10 Å². The monoisotopic (exact) mass is 242 g/mol. The molecule has 0 aliphatic rings. The summed E-state index contributed by atoms with van der Waals surface area (Å²) in [5, 5.41) is 10.1. The fourth-order valence-electron chi connectivity index (χ4n) is 1.40. The molecule has 0 fully saturated rings. The summed E-state index contributed by atoms with van der Waals surface area (Å²) in [6.45, 7) is 7.68. The molecule has 1 N–H and O–H groups in total. The number of hydrogen-bond acceptors (Lipinski definition) is 2. The Bertz CT molecular complexity index is 363. The van der Waals surface area contributed by atoms with Crippen molar-refractivity contribution in [1.29, 1.82) is 0 Å². The highest BCUT2D eigenvalue weighted by Crippen LogP contribution is 2.33. The van der Waals surface area contributed by atoms with Gasteiger partial charge in [0, 0.05) is 10.1 Å². The summed E-state index contributed by atoms with van der Waals surface area (Å²) in [6.07, 6.45) is 0.432. The Balaban J connectivity index is 3.09. The van der Waals surface area contributed by atoms with Gasteiger partial charge >= 0.3 is 0 Å². The first-order valence-corrected chi connectivity index (χ1v) is 6.48. The van der Waals surface area contributed by atoms with Crippen LogP contribution in [0.5, 0.6) is 0 Å². The van der Waals surface area contributed by atoms with Gasteiger partial charge in [0.2, 0.25) is 0 Å².